The molecule has 2 aromatic heterocycles. The van der Waals surface area contributed by atoms with Crippen molar-refractivity contribution in [1.29, 1.82) is 0 Å². The van der Waals surface area contributed by atoms with Crippen LogP contribution < -0.4 is 10.6 Å². The maximum Gasteiger partial charge on any atom is 0.407 e. The summed E-state index contributed by atoms with van der Waals surface area (Å²) in [5, 5.41) is 7.39. The van der Waals surface area contributed by atoms with E-state index in [1.807, 2.05) is 31.2 Å². The first-order valence-electron chi connectivity index (χ1n) is 19.8. The Hall–Kier alpha value is -6.96. The second-order valence-corrected chi connectivity index (χ2v) is 15.0. The number of ether oxygens (including phenoxy) is 2. The minimum atomic E-state index is -0.884. The number of amides is 4. The zero-order valence-electron chi connectivity index (χ0n) is 33.2. The Labute approximate surface area is 341 Å². The summed E-state index contributed by atoms with van der Waals surface area (Å²) in [4.78, 5) is 70.4. The van der Waals surface area contributed by atoms with Gasteiger partial charge in [0.2, 0.25) is 5.91 Å². The highest BCUT2D eigenvalue weighted by Crippen LogP contribution is 2.36. The largest absolute Gasteiger partial charge is 0.453 e. The first-order valence-corrected chi connectivity index (χ1v) is 19.8. The minimum Gasteiger partial charge on any atom is -0.453 e. The molecule has 0 unspecified atom stereocenters. The van der Waals surface area contributed by atoms with Crippen LogP contribution >= 0.6 is 0 Å². The van der Waals surface area contributed by atoms with Crippen molar-refractivity contribution in [1.82, 2.24) is 40.4 Å². The predicted molar refractivity (Wildman–Crippen MR) is 222 cm³/mol. The fraction of sp³-hybridized carbons (Fsp3) is 0.289. The summed E-state index contributed by atoms with van der Waals surface area (Å²) in [5.41, 5.74) is 7.52. The molecule has 0 bridgehead atoms. The minimum absolute atomic E-state index is 0.126. The Balaban J connectivity index is 0.940. The Kier molecular flexibility index (Phi) is 11.1. The average Bonchev–Trinajstić information content (AvgIpc) is 4.11. The number of aryl methyl sites for hydroxylation is 1. The molecule has 2 aliphatic heterocycles. The predicted octanol–water partition coefficient (Wildman–Crippen LogP) is 7.38. The summed E-state index contributed by atoms with van der Waals surface area (Å²) in [5.74, 6) is 1.05. The molecule has 4 N–H and O–H groups in total. The van der Waals surface area contributed by atoms with E-state index in [0.29, 0.717) is 24.5 Å². The number of rotatable bonds is 10. The van der Waals surface area contributed by atoms with Crippen molar-refractivity contribution in [2.24, 2.45) is 0 Å². The second-order valence-electron chi connectivity index (χ2n) is 15.0. The van der Waals surface area contributed by atoms with Gasteiger partial charge in [0.05, 0.1) is 50.1 Å². The van der Waals surface area contributed by atoms with E-state index in [1.54, 1.807) is 22.2 Å². The van der Waals surface area contributed by atoms with E-state index in [4.69, 9.17) is 9.72 Å². The molecular formula is C45H46N8O6. The monoisotopic (exact) mass is 794 g/mol. The second kappa shape index (κ2) is 16.9. The van der Waals surface area contributed by atoms with Crippen molar-refractivity contribution in [3.05, 3.63) is 120 Å². The molecule has 2 saturated heterocycles. The van der Waals surface area contributed by atoms with Crippen molar-refractivity contribution < 1.29 is 28.7 Å². The number of hydrogen-bond acceptors (Lipinski definition) is 8. The summed E-state index contributed by atoms with van der Waals surface area (Å²) < 4.78 is 9.45. The molecule has 4 heterocycles. The molecule has 0 spiro atoms. The van der Waals surface area contributed by atoms with Gasteiger partial charge in [0.15, 0.2) is 0 Å². The van der Waals surface area contributed by atoms with Crippen molar-refractivity contribution >= 4 is 34.8 Å². The Bertz CT molecular complexity index is 2510. The Morgan fingerprint density at radius 1 is 0.712 bits per heavy atom. The number of benzene rings is 4. The SMILES string of the molecule is COC(=O)NCC(=O)N1CCC[C@H]1c1ncc(-c2ccc3cc(-c4ccc(-c5cnc([C@@H]6CCCN6C(=O)[C@H](NC(=O)OC)c6cccc(C)c6)[nH]5)cc4)ccc3c2)[nH]1. The summed E-state index contributed by atoms with van der Waals surface area (Å²) in [7, 11) is 2.55. The lowest BCUT2D eigenvalue weighted by Crippen LogP contribution is -2.42. The lowest BCUT2D eigenvalue weighted by atomic mass is 9.98. The third-order valence-electron chi connectivity index (χ3n) is 11.3. The maximum atomic E-state index is 14.0. The van der Waals surface area contributed by atoms with Gasteiger partial charge in [0, 0.05) is 18.7 Å². The number of methoxy groups -OCH3 is 2. The van der Waals surface area contributed by atoms with Crippen LogP contribution in [0.15, 0.2) is 97.3 Å². The number of nitrogens with one attached hydrogen (secondary N) is 4. The molecule has 4 aromatic carbocycles. The van der Waals surface area contributed by atoms with E-state index in [1.165, 1.54) is 14.2 Å². The van der Waals surface area contributed by atoms with Crippen LogP contribution in [0.3, 0.4) is 0 Å². The van der Waals surface area contributed by atoms with Gasteiger partial charge in [-0.05, 0) is 77.8 Å². The van der Waals surface area contributed by atoms with Crippen molar-refractivity contribution in [3.63, 3.8) is 0 Å². The number of carbonyl (C=O) groups excluding carboxylic acids is 4. The quantitative estimate of drug-likeness (QED) is 0.111. The van der Waals surface area contributed by atoms with Crippen LogP contribution in [0.2, 0.25) is 0 Å². The zero-order valence-corrected chi connectivity index (χ0v) is 33.2. The number of hydrogen-bond donors (Lipinski definition) is 4. The van der Waals surface area contributed by atoms with Gasteiger partial charge in [-0.15, -0.1) is 0 Å². The van der Waals surface area contributed by atoms with Crippen LogP contribution in [0.5, 0.6) is 0 Å². The number of alkyl carbamates (subject to hydrolysis) is 2. The topological polar surface area (TPSA) is 175 Å². The van der Waals surface area contributed by atoms with Crippen LogP contribution in [0, 0.1) is 6.92 Å². The number of nitrogens with zero attached hydrogens (tertiary/aromatic N) is 4. The van der Waals surface area contributed by atoms with Crippen molar-refractivity contribution in [2.75, 3.05) is 33.9 Å². The van der Waals surface area contributed by atoms with Gasteiger partial charge in [0.1, 0.15) is 24.2 Å². The van der Waals surface area contributed by atoms with Crippen LogP contribution in [0.25, 0.3) is 44.4 Å². The smallest absolute Gasteiger partial charge is 0.407 e. The molecule has 302 valence electrons. The molecule has 6 aromatic rings. The number of imidazole rings is 2. The fourth-order valence-electron chi connectivity index (χ4n) is 8.21. The van der Waals surface area contributed by atoms with E-state index < -0.39 is 18.2 Å². The van der Waals surface area contributed by atoms with Gasteiger partial charge in [-0.2, -0.15) is 0 Å². The zero-order chi connectivity index (χ0) is 41.0. The van der Waals surface area contributed by atoms with Gasteiger partial charge < -0.3 is 39.9 Å². The van der Waals surface area contributed by atoms with Gasteiger partial charge in [0.25, 0.3) is 5.91 Å². The molecule has 14 nitrogen and oxygen atoms in total. The number of fused-ring (bicyclic) bond motifs is 1. The fourth-order valence-corrected chi connectivity index (χ4v) is 8.21. The molecule has 2 aliphatic rings. The molecule has 14 heteroatoms. The first kappa shape index (κ1) is 38.9. The number of likely N-dealkylation sites (tertiary alicyclic amines) is 2. The van der Waals surface area contributed by atoms with Crippen LogP contribution in [-0.4, -0.2) is 87.6 Å². The number of aromatic nitrogens is 4. The summed E-state index contributed by atoms with van der Waals surface area (Å²) >= 11 is 0. The average molecular weight is 795 g/mol. The van der Waals surface area contributed by atoms with E-state index in [-0.39, 0.29) is 30.4 Å². The standard InChI is InChI=1S/C45H46N8O6/c1-27-7-4-8-34(21-27)40(51-45(57)59-3)43(55)53-20-6-10-38(53)42-46-24-35(49-42)29-13-11-28(12-14-29)30-15-16-32-23-33(18-17-31(32)22-30)36-25-47-41(50-36)37-9-5-19-52(37)39(54)26-48-44(56)58-2/h4,7-8,11-18,21-25,37-38,40H,5-6,9-10,19-20,26H2,1-3H3,(H,46,49)(H,47,50)(H,48,56)(H,51,57)/t37-,38-,40+/m0/s1. The van der Waals surface area contributed by atoms with Crippen LogP contribution in [-0.2, 0) is 19.1 Å². The summed E-state index contributed by atoms with van der Waals surface area (Å²) in [6, 6.07) is 27.3. The summed E-state index contributed by atoms with van der Waals surface area (Å²) in [6.07, 6.45) is 5.52. The third kappa shape index (κ3) is 8.24. The molecule has 59 heavy (non-hydrogen) atoms. The molecule has 4 amide bonds. The maximum absolute atomic E-state index is 14.0. The molecule has 8 rings (SSSR count). The number of aromatic amines is 2. The van der Waals surface area contributed by atoms with Crippen LogP contribution in [0.1, 0.15) is 66.6 Å². The van der Waals surface area contributed by atoms with E-state index >= 15 is 0 Å². The van der Waals surface area contributed by atoms with Gasteiger partial charge in [-0.1, -0.05) is 78.4 Å². The van der Waals surface area contributed by atoms with Crippen LogP contribution in [0.4, 0.5) is 9.59 Å². The third-order valence-corrected chi connectivity index (χ3v) is 11.3. The van der Waals surface area contributed by atoms with E-state index in [0.717, 1.165) is 81.5 Å². The Morgan fingerprint density at radius 3 is 1.95 bits per heavy atom. The molecule has 3 atom stereocenters. The molecule has 2 fully saturated rings. The van der Waals surface area contributed by atoms with E-state index in [2.05, 4.69) is 91.0 Å². The highest BCUT2D eigenvalue weighted by molar-refractivity contribution is 5.91. The lowest BCUT2D eigenvalue weighted by Gasteiger charge is -2.28. The lowest BCUT2D eigenvalue weighted by molar-refractivity contribution is -0.134. The normalized spacial score (nSPS) is 16.9. The molecule has 0 saturated carbocycles. The van der Waals surface area contributed by atoms with Crippen molar-refractivity contribution in [3.8, 4) is 33.6 Å². The van der Waals surface area contributed by atoms with E-state index in [9.17, 15) is 19.2 Å². The van der Waals surface area contributed by atoms with Gasteiger partial charge >= 0.3 is 12.2 Å². The van der Waals surface area contributed by atoms with Gasteiger partial charge in [-0.25, -0.2) is 19.6 Å². The molecule has 0 radical (unpaired) electrons. The number of H-pyrrole nitrogens is 2. The summed E-state index contributed by atoms with van der Waals surface area (Å²) in [6.45, 7) is 2.98. The first-order chi connectivity index (χ1) is 28.7. The highest BCUT2D eigenvalue weighted by atomic mass is 16.5. The molecule has 0 aliphatic carbocycles. The highest BCUT2D eigenvalue weighted by Gasteiger charge is 2.37. The van der Waals surface area contributed by atoms with Crippen molar-refractivity contribution in [2.45, 2.75) is 50.7 Å². The molecular weight excluding hydrogens is 749 g/mol. The Morgan fingerprint density at radius 2 is 1.29 bits per heavy atom. The number of carbonyl (C=O) groups is 4. The van der Waals surface area contributed by atoms with Gasteiger partial charge in [-0.3, -0.25) is 9.59 Å².